The van der Waals surface area contributed by atoms with E-state index in [2.05, 4.69) is 5.32 Å². The molecule has 5 nitrogen and oxygen atoms in total. The molecule has 5 heteroatoms. The van der Waals surface area contributed by atoms with Crippen molar-refractivity contribution in [3.63, 3.8) is 0 Å². The molecule has 0 aliphatic carbocycles. The Labute approximate surface area is 120 Å². The van der Waals surface area contributed by atoms with Gasteiger partial charge in [-0.05, 0) is 33.3 Å². The molecule has 1 rings (SSSR count). The lowest BCUT2D eigenvalue weighted by Crippen LogP contribution is -2.37. The van der Waals surface area contributed by atoms with Crippen LogP contribution in [0.15, 0.2) is 16.7 Å². The van der Waals surface area contributed by atoms with Gasteiger partial charge in [0.2, 0.25) is 5.91 Å². The fraction of sp³-hybridized carbons (Fsp3) is 0.600. The maximum absolute atomic E-state index is 12.3. The third-order valence-electron chi connectivity index (χ3n) is 3.39. The fourth-order valence-electron chi connectivity index (χ4n) is 1.87. The number of hydrogen-bond acceptors (Lipinski definition) is 3. The minimum atomic E-state index is -0.0879. The molecular formula is C15H24N2O3. The summed E-state index contributed by atoms with van der Waals surface area (Å²) in [4.78, 5) is 25.7. The monoisotopic (exact) mass is 280 g/mol. The predicted molar refractivity (Wildman–Crippen MR) is 77.5 cm³/mol. The van der Waals surface area contributed by atoms with E-state index in [4.69, 9.17) is 4.42 Å². The smallest absolute Gasteiger partial charge is 0.257 e. The third-order valence-corrected chi connectivity index (χ3v) is 3.39. The molecule has 0 bridgehead atoms. The van der Waals surface area contributed by atoms with Gasteiger partial charge in [-0.1, -0.05) is 6.92 Å². The Morgan fingerprint density at radius 3 is 2.60 bits per heavy atom. The summed E-state index contributed by atoms with van der Waals surface area (Å²) >= 11 is 0. The van der Waals surface area contributed by atoms with Crippen LogP contribution in [0.25, 0.3) is 0 Å². The Balaban J connectivity index is 2.54. The van der Waals surface area contributed by atoms with Crippen LogP contribution in [0.3, 0.4) is 0 Å². The topological polar surface area (TPSA) is 62.6 Å². The lowest BCUT2D eigenvalue weighted by Gasteiger charge is -2.21. The van der Waals surface area contributed by atoms with Crippen molar-refractivity contribution in [3.05, 3.63) is 23.7 Å². The molecule has 1 N–H and O–H groups in total. The van der Waals surface area contributed by atoms with Crippen molar-refractivity contribution in [1.82, 2.24) is 10.2 Å². The third kappa shape index (κ3) is 4.40. The summed E-state index contributed by atoms with van der Waals surface area (Å²) in [5.74, 6) is 0.502. The zero-order valence-electron chi connectivity index (χ0n) is 12.7. The number of nitrogens with one attached hydrogen (secondary N) is 1. The van der Waals surface area contributed by atoms with Crippen LogP contribution in [-0.2, 0) is 4.79 Å². The lowest BCUT2D eigenvalue weighted by atomic mass is 10.2. The normalized spacial score (nSPS) is 12.0. The largest absolute Gasteiger partial charge is 0.469 e. The van der Waals surface area contributed by atoms with Gasteiger partial charge in [0.1, 0.15) is 5.76 Å². The number of rotatable bonds is 7. The highest BCUT2D eigenvalue weighted by atomic mass is 16.3. The molecule has 0 aliphatic rings. The van der Waals surface area contributed by atoms with E-state index in [9.17, 15) is 9.59 Å². The number of carbonyl (C=O) groups excluding carboxylic acids is 2. The summed E-state index contributed by atoms with van der Waals surface area (Å²) in [6, 6.07) is 1.84. The lowest BCUT2D eigenvalue weighted by molar-refractivity contribution is -0.121. The molecule has 0 fully saturated rings. The van der Waals surface area contributed by atoms with E-state index in [1.165, 1.54) is 6.26 Å². The standard InChI is InChI=1S/C15H24N2O3/c1-5-11(3)16-14(18)7-9-17(6-2)15(19)13-8-10-20-12(13)4/h8,10-11H,5-7,9H2,1-4H3,(H,16,18)/t11-/m1/s1. The van der Waals surface area contributed by atoms with Gasteiger partial charge in [0.25, 0.3) is 5.91 Å². The van der Waals surface area contributed by atoms with Gasteiger partial charge < -0.3 is 14.6 Å². The van der Waals surface area contributed by atoms with E-state index in [0.29, 0.717) is 30.8 Å². The van der Waals surface area contributed by atoms with Crippen molar-refractivity contribution in [3.8, 4) is 0 Å². The average Bonchev–Trinajstić information content (AvgIpc) is 2.85. The van der Waals surface area contributed by atoms with E-state index in [-0.39, 0.29) is 17.9 Å². The van der Waals surface area contributed by atoms with E-state index in [0.717, 1.165) is 6.42 Å². The summed E-state index contributed by atoms with van der Waals surface area (Å²) in [5.41, 5.74) is 0.564. The van der Waals surface area contributed by atoms with Crippen molar-refractivity contribution in [2.75, 3.05) is 13.1 Å². The summed E-state index contributed by atoms with van der Waals surface area (Å²) in [7, 11) is 0. The number of hydrogen-bond donors (Lipinski definition) is 1. The molecule has 0 aliphatic heterocycles. The molecule has 1 aromatic heterocycles. The molecule has 0 saturated heterocycles. The molecule has 1 heterocycles. The van der Waals surface area contributed by atoms with Gasteiger partial charge >= 0.3 is 0 Å². The molecule has 0 spiro atoms. The van der Waals surface area contributed by atoms with Crippen LogP contribution in [0.5, 0.6) is 0 Å². The molecule has 0 aromatic carbocycles. The van der Waals surface area contributed by atoms with E-state index < -0.39 is 0 Å². The van der Waals surface area contributed by atoms with Crippen LogP contribution < -0.4 is 5.32 Å². The Bertz CT molecular complexity index is 454. The van der Waals surface area contributed by atoms with E-state index in [1.807, 2.05) is 20.8 Å². The highest BCUT2D eigenvalue weighted by Gasteiger charge is 2.18. The molecular weight excluding hydrogens is 256 g/mol. The molecule has 0 unspecified atom stereocenters. The molecule has 0 radical (unpaired) electrons. The first kappa shape index (κ1) is 16.3. The highest BCUT2D eigenvalue weighted by Crippen LogP contribution is 2.12. The minimum Gasteiger partial charge on any atom is -0.469 e. The predicted octanol–water partition coefficient (Wildman–Crippen LogP) is 2.35. The van der Waals surface area contributed by atoms with Gasteiger partial charge in [0.05, 0.1) is 11.8 Å². The number of aryl methyl sites for hydroxylation is 1. The summed E-state index contributed by atoms with van der Waals surface area (Å²) in [6.45, 7) is 8.64. The summed E-state index contributed by atoms with van der Waals surface area (Å²) < 4.78 is 5.15. The minimum absolute atomic E-state index is 0.0190. The molecule has 1 atom stereocenters. The van der Waals surface area contributed by atoms with Crippen molar-refractivity contribution < 1.29 is 14.0 Å². The van der Waals surface area contributed by atoms with E-state index in [1.54, 1.807) is 17.9 Å². The van der Waals surface area contributed by atoms with Crippen molar-refractivity contribution in [2.24, 2.45) is 0 Å². The second kappa shape index (κ2) is 7.72. The number of nitrogens with zero attached hydrogens (tertiary/aromatic N) is 1. The summed E-state index contributed by atoms with van der Waals surface area (Å²) in [5, 5.41) is 2.90. The Morgan fingerprint density at radius 1 is 1.40 bits per heavy atom. The number of furan rings is 1. The SMILES string of the molecule is CC[C@@H](C)NC(=O)CCN(CC)C(=O)c1ccoc1C. The molecule has 0 saturated carbocycles. The molecule has 2 amide bonds. The first-order valence-electron chi connectivity index (χ1n) is 7.12. The van der Waals surface area contributed by atoms with Gasteiger partial charge in [-0.3, -0.25) is 9.59 Å². The zero-order valence-corrected chi connectivity index (χ0v) is 12.7. The van der Waals surface area contributed by atoms with Gasteiger partial charge in [0.15, 0.2) is 0 Å². The maximum Gasteiger partial charge on any atom is 0.257 e. The quantitative estimate of drug-likeness (QED) is 0.834. The number of carbonyl (C=O) groups is 2. The molecule has 112 valence electrons. The highest BCUT2D eigenvalue weighted by molar-refractivity contribution is 5.95. The van der Waals surface area contributed by atoms with Gasteiger partial charge in [-0.2, -0.15) is 0 Å². The van der Waals surface area contributed by atoms with Crippen molar-refractivity contribution >= 4 is 11.8 Å². The van der Waals surface area contributed by atoms with Gasteiger partial charge in [-0.25, -0.2) is 0 Å². The van der Waals surface area contributed by atoms with Crippen LogP contribution in [0.2, 0.25) is 0 Å². The van der Waals surface area contributed by atoms with Crippen LogP contribution in [0.4, 0.5) is 0 Å². The first-order valence-corrected chi connectivity index (χ1v) is 7.12. The van der Waals surface area contributed by atoms with Crippen molar-refractivity contribution in [2.45, 2.75) is 46.6 Å². The average molecular weight is 280 g/mol. The summed E-state index contributed by atoms with van der Waals surface area (Å²) in [6.07, 6.45) is 2.73. The molecule has 1 aromatic rings. The zero-order chi connectivity index (χ0) is 15.1. The van der Waals surface area contributed by atoms with Crippen LogP contribution >= 0.6 is 0 Å². The van der Waals surface area contributed by atoms with Crippen LogP contribution in [0, 0.1) is 6.92 Å². The Morgan fingerprint density at radius 2 is 2.10 bits per heavy atom. The Hall–Kier alpha value is -1.78. The second-order valence-corrected chi connectivity index (χ2v) is 4.90. The fourth-order valence-corrected chi connectivity index (χ4v) is 1.87. The first-order chi connectivity index (χ1) is 9.49. The van der Waals surface area contributed by atoms with Crippen molar-refractivity contribution in [1.29, 1.82) is 0 Å². The maximum atomic E-state index is 12.3. The Kier molecular flexibility index (Phi) is 6.28. The van der Waals surface area contributed by atoms with Gasteiger partial charge in [-0.15, -0.1) is 0 Å². The van der Waals surface area contributed by atoms with Gasteiger partial charge in [0, 0.05) is 25.6 Å². The van der Waals surface area contributed by atoms with Crippen LogP contribution in [0.1, 0.15) is 49.7 Å². The van der Waals surface area contributed by atoms with Crippen LogP contribution in [-0.4, -0.2) is 35.8 Å². The molecule has 20 heavy (non-hydrogen) atoms. The second-order valence-electron chi connectivity index (χ2n) is 4.90. The van der Waals surface area contributed by atoms with E-state index >= 15 is 0 Å². The number of amides is 2.